The molecular weight excluding hydrogens is 454 g/mol. The predicted molar refractivity (Wildman–Crippen MR) is 135 cm³/mol. The second-order valence-corrected chi connectivity index (χ2v) is 10.3. The quantitative estimate of drug-likeness (QED) is 0.498. The van der Waals surface area contributed by atoms with Gasteiger partial charge in [0.15, 0.2) is 0 Å². The maximum Gasteiger partial charge on any atom is 0.258 e. The van der Waals surface area contributed by atoms with E-state index in [9.17, 15) is 10.1 Å². The SMILES string of the molecule is CC(C)Oc1ccc(-c2nc(-c3cccc4c3CC[C@@]43CC(=O)N(CCN(C)C)C3)no2)cc1C#N. The van der Waals surface area contributed by atoms with E-state index in [1.165, 1.54) is 11.1 Å². The summed E-state index contributed by atoms with van der Waals surface area (Å²) in [6.45, 7) is 6.21. The van der Waals surface area contributed by atoms with Crippen LogP contribution in [-0.2, 0) is 16.6 Å². The molecule has 0 bridgehead atoms. The molecule has 1 amide bonds. The average Bonchev–Trinajstić information content (AvgIpc) is 3.55. The van der Waals surface area contributed by atoms with Gasteiger partial charge < -0.3 is 19.1 Å². The Morgan fingerprint density at radius 1 is 1.28 bits per heavy atom. The highest BCUT2D eigenvalue weighted by molar-refractivity contribution is 5.82. The Bertz CT molecular complexity index is 1340. The van der Waals surface area contributed by atoms with Crippen LogP contribution in [0.5, 0.6) is 5.75 Å². The summed E-state index contributed by atoms with van der Waals surface area (Å²) in [4.78, 5) is 21.6. The zero-order valence-corrected chi connectivity index (χ0v) is 21.2. The molecule has 8 nitrogen and oxygen atoms in total. The normalized spacial score (nSPS) is 18.9. The van der Waals surface area contributed by atoms with Crippen LogP contribution in [-0.4, -0.2) is 65.7 Å². The number of nitriles is 1. The Morgan fingerprint density at radius 3 is 2.86 bits per heavy atom. The highest BCUT2D eigenvalue weighted by atomic mass is 16.5. The van der Waals surface area contributed by atoms with E-state index in [0.29, 0.717) is 35.0 Å². The average molecular weight is 486 g/mol. The highest BCUT2D eigenvalue weighted by Gasteiger charge is 2.48. The van der Waals surface area contributed by atoms with Gasteiger partial charge in [0.25, 0.3) is 5.89 Å². The maximum absolute atomic E-state index is 12.8. The molecule has 2 aromatic carbocycles. The van der Waals surface area contributed by atoms with Gasteiger partial charge in [0.2, 0.25) is 11.7 Å². The molecule has 0 saturated carbocycles. The number of likely N-dealkylation sites (tertiary alicyclic amines) is 1. The van der Waals surface area contributed by atoms with Gasteiger partial charge in [-0.2, -0.15) is 10.2 Å². The van der Waals surface area contributed by atoms with Crippen molar-refractivity contribution in [2.24, 2.45) is 0 Å². The molecular formula is C28H31N5O3. The molecule has 1 aromatic heterocycles. The number of benzene rings is 2. The first-order chi connectivity index (χ1) is 17.3. The number of nitrogens with zero attached hydrogens (tertiary/aromatic N) is 5. The van der Waals surface area contributed by atoms with E-state index in [2.05, 4.69) is 27.2 Å². The second kappa shape index (κ2) is 9.40. The second-order valence-electron chi connectivity index (χ2n) is 10.3. The molecule has 0 radical (unpaired) electrons. The lowest BCUT2D eigenvalue weighted by Crippen LogP contribution is -2.35. The molecule has 1 saturated heterocycles. The van der Waals surface area contributed by atoms with E-state index in [1.54, 1.807) is 12.1 Å². The van der Waals surface area contributed by atoms with E-state index >= 15 is 0 Å². The molecule has 1 aliphatic carbocycles. The molecule has 3 aromatic rings. The Balaban J connectivity index is 1.43. The minimum atomic E-state index is -0.144. The number of amides is 1. The number of hydrogen-bond donors (Lipinski definition) is 0. The van der Waals surface area contributed by atoms with Crippen molar-refractivity contribution < 1.29 is 14.1 Å². The zero-order chi connectivity index (χ0) is 25.4. The van der Waals surface area contributed by atoms with E-state index < -0.39 is 0 Å². The lowest BCUT2D eigenvalue weighted by molar-refractivity contribution is -0.127. The van der Waals surface area contributed by atoms with E-state index in [1.807, 2.05) is 51.0 Å². The fraction of sp³-hybridized carbons (Fsp3) is 0.429. The third kappa shape index (κ3) is 4.35. The van der Waals surface area contributed by atoms with Crippen molar-refractivity contribution in [2.75, 3.05) is 33.7 Å². The molecule has 36 heavy (non-hydrogen) atoms. The van der Waals surface area contributed by atoms with Crippen LogP contribution in [0.15, 0.2) is 40.9 Å². The van der Waals surface area contributed by atoms with Crippen LogP contribution in [0.25, 0.3) is 22.8 Å². The first kappa shape index (κ1) is 24.0. The van der Waals surface area contributed by atoms with E-state index in [4.69, 9.17) is 9.26 Å². The third-order valence-electron chi connectivity index (χ3n) is 7.13. The van der Waals surface area contributed by atoms with Crippen LogP contribution in [0.4, 0.5) is 0 Å². The van der Waals surface area contributed by atoms with Crippen LogP contribution >= 0.6 is 0 Å². The number of rotatable bonds is 7. The van der Waals surface area contributed by atoms with E-state index in [0.717, 1.165) is 38.0 Å². The fourth-order valence-electron chi connectivity index (χ4n) is 5.40. The molecule has 1 aliphatic heterocycles. The van der Waals surface area contributed by atoms with Crippen molar-refractivity contribution in [1.29, 1.82) is 5.26 Å². The number of carbonyl (C=O) groups excluding carboxylic acids is 1. The molecule has 8 heteroatoms. The van der Waals surface area contributed by atoms with Gasteiger partial charge in [-0.25, -0.2) is 0 Å². The molecule has 1 spiro atoms. The first-order valence-corrected chi connectivity index (χ1v) is 12.4. The minimum absolute atomic E-state index is 0.0309. The van der Waals surface area contributed by atoms with Crippen LogP contribution in [0.2, 0.25) is 0 Å². The monoisotopic (exact) mass is 485 g/mol. The fourth-order valence-corrected chi connectivity index (χ4v) is 5.40. The molecule has 1 atom stereocenters. The largest absolute Gasteiger partial charge is 0.490 e. The van der Waals surface area contributed by atoms with Gasteiger partial charge >= 0.3 is 0 Å². The van der Waals surface area contributed by atoms with E-state index in [-0.39, 0.29) is 17.4 Å². The summed E-state index contributed by atoms with van der Waals surface area (Å²) in [7, 11) is 4.06. The summed E-state index contributed by atoms with van der Waals surface area (Å²) in [6, 6.07) is 13.7. The predicted octanol–water partition coefficient (Wildman–Crippen LogP) is 4.04. The minimum Gasteiger partial charge on any atom is -0.490 e. The van der Waals surface area contributed by atoms with Crippen LogP contribution in [0.3, 0.4) is 0 Å². The Morgan fingerprint density at radius 2 is 2.11 bits per heavy atom. The number of ether oxygens (including phenoxy) is 1. The number of hydrogen-bond acceptors (Lipinski definition) is 7. The standard InChI is InChI=1S/C28H31N5O3/c1-18(2)35-24-9-8-19(14-20(24)16-29)27-30-26(31-36-27)22-6-5-7-23-21(22)10-11-28(23)15-25(34)33(17-28)13-12-32(3)4/h5-9,14,18H,10-13,15,17H2,1-4H3/t28-/m0/s1. The van der Waals surface area contributed by atoms with Crippen LogP contribution in [0, 0.1) is 11.3 Å². The summed E-state index contributed by atoms with van der Waals surface area (Å²) in [5.41, 5.74) is 4.32. The summed E-state index contributed by atoms with van der Waals surface area (Å²) in [5, 5.41) is 13.8. The van der Waals surface area contributed by atoms with Crippen LogP contribution < -0.4 is 4.74 Å². The van der Waals surface area contributed by atoms with Gasteiger partial charge in [-0.15, -0.1) is 0 Å². The first-order valence-electron chi connectivity index (χ1n) is 12.4. The summed E-state index contributed by atoms with van der Waals surface area (Å²) >= 11 is 0. The van der Waals surface area contributed by atoms with Gasteiger partial charge in [0, 0.05) is 42.6 Å². The lowest BCUT2D eigenvalue weighted by Gasteiger charge is -2.25. The number of aromatic nitrogens is 2. The van der Waals surface area contributed by atoms with Crippen molar-refractivity contribution in [1.82, 2.24) is 19.9 Å². The lowest BCUT2D eigenvalue weighted by atomic mass is 9.80. The highest BCUT2D eigenvalue weighted by Crippen LogP contribution is 2.48. The molecule has 186 valence electrons. The molecule has 0 N–H and O–H groups in total. The van der Waals surface area contributed by atoms with Crippen molar-refractivity contribution in [3.63, 3.8) is 0 Å². The van der Waals surface area contributed by atoms with Gasteiger partial charge in [-0.05, 0) is 70.1 Å². The van der Waals surface area contributed by atoms with Crippen molar-refractivity contribution in [3.8, 4) is 34.7 Å². The number of fused-ring (bicyclic) bond motifs is 2. The summed E-state index contributed by atoms with van der Waals surface area (Å²) < 4.78 is 11.3. The molecule has 5 rings (SSSR count). The molecule has 2 aliphatic rings. The third-order valence-corrected chi connectivity index (χ3v) is 7.13. The maximum atomic E-state index is 12.8. The number of carbonyl (C=O) groups is 1. The summed E-state index contributed by atoms with van der Waals surface area (Å²) in [5.74, 6) is 1.64. The topological polar surface area (TPSA) is 95.5 Å². The molecule has 1 fully saturated rings. The Hall–Kier alpha value is -3.70. The van der Waals surface area contributed by atoms with Crippen molar-refractivity contribution in [3.05, 3.63) is 53.1 Å². The Kier molecular flexibility index (Phi) is 6.27. The molecule has 2 heterocycles. The number of likely N-dealkylation sites (N-methyl/N-ethyl adjacent to an activating group) is 1. The van der Waals surface area contributed by atoms with Gasteiger partial charge in [0.05, 0.1) is 11.7 Å². The van der Waals surface area contributed by atoms with Gasteiger partial charge in [-0.1, -0.05) is 23.4 Å². The Labute approximate surface area is 211 Å². The summed E-state index contributed by atoms with van der Waals surface area (Å²) in [6.07, 6.45) is 2.34. The smallest absolute Gasteiger partial charge is 0.258 e. The van der Waals surface area contributed by atoms with Gasteiger partial charge in [0.1, 0.15) is 11.8 Å². The zero-order valence-electron chi connectivity index (χ0n) is 21.2. The van der Waals surface area contributed by atoms with Gasteiger partial charge in [-0.3, -0.25) is 4.79 Å². The van der Waals surface area contributed by atoms with Crippen LogP contribution in [0.1, 0.15) is 43.4 Å². The van der Waals surface area contributed by atoms with Crippen molar-refractivity contribution >= 4 is 5.91 Å². The van der Waals surface area contributed by atoms with Crippen molar-refractivity contribution in [2.45, 2.75) is 44.6 Å². The molecule has 0 unspecified atom stereocenters.